The lowest BCUT2D eigenvalue weighted by atomic mass is 9.99. The summed E-state index contributed by atoms with van der Waals surface area (Å²) < 4.78 is 26.4. The van der Waals surface area contributed by atoms with Crippen molar-refractivity contribution in [1.29, 1.82) is 0 Å². The van der Waals surface area contributed by atoms with Gasteiger partial charge in [0.2, 0.25) is 0 Å². The first-order valence-electron chi connectivity index (χ1n) is 29.8. The summed E-state index contributed by atoms with van der Waals surface area (Å²) in [6.07, 6.45) is 0. The van der Waals surface area contributed by atoms with E-state index in [4.69, 9.17) is 23.2 Å². The number of fused-ring (bicyclic) bond motifs is 19. The number of para-hydroxylation sites is 6. The fourth-order valence-corrected chi connectivity index (χ4v) is 14.4. The zero-order valence-electron chi connectivity index (χ0n) is 46.9. The minimum absolute atomic E-state index is 0.639. The van der Waals surface area contributed by atoms with Crippen LogP contribution in [0, 0.1) is 0 Å². The van der Waals surface area contributed by atoms with Gasteiger partial charge in [0.25, 0.3) is 0 Å². The molecule has 0 spiro atoms. The smallest absolute Gasteiger partial charge is 0.160 e. The SMILES string of the molecule is c1cc(-c2nc(-c3ccc(-n4c5ccccc5c5cc6oc7ccccc7c6cc54)cc3)c3cc(-c4ccc(-n5c6ccccc6c6cc7oc8ccccc8c7cc65)cc4)ccc3n2)cc(-n2c3ccccc3c3cc4oc5ccccc5c4cc32)c1. The Morgan fingerprint density at radius 1 is 0.216 bits per heavy atom. The molecule has 0 saturated heterocycles. The molecule has 20 rings (SSSR count). The molecule has 8 nitrogen and oxygen atoms in total. The van der Waals surface area contributed by atoms with Gasteiger partial charge in [-0.15, -0.1) is 0 Å². The van der Waals surface area contributed by atoms with Crippen LogP contribution in [0.3, 0.4) is 0 Å². The molecule has 408 valence electrons. The lowest BCUT2D eigenvalue weighted by Crippen LogP contribution is -1.99. The molecule has 8 heteroatoms. The van der Waals surface area contributed by atoms with Crippen LogP contribution in [0.4, 0.5) is 0 Å². The van der Waals surface area contributed by atoms with Crippen molar-refractivity contribution in [2.45, 2.75) is 0 Å². The molecule has 0 fully saturated rings. The van der Waals surface area contributed by atoms with E-state index in [-0.39, 0.29) is 0 Å². The fraction of sp³-hybridized carbons (Fsp3) is 0. The molecule has 0 saturated carbocycles. The Bertz CT molecular complexity index is 6370. The third-order valence-corrected chi connectivity index (χ3v) is 18.4. The molecule has 0 bridgehead atoms. The third-order valence-electron chi connectivity index (χ3n) is 18.4. The number of furan rings is 3. The van der Waals surface area contributed by atoms with Crippen LogP contribution in [0.5, 0.6) is 0 Å². The van der Waals surface area contributed by atoms with Gasteiger partial charge in [0.1, 0.15) is 33.5 Å². The number of rotatable bonds is 6. The van der Waals surface area contributed by atoms with E-state index in [1.807, 2.05) is 36.4 Å². The van der Waals surface area contributed by atoms with Crippen molar-refractivity contribution in [1.82, 2.24) is 23.7 Å². The van der Waals surface area contributed by atoms with Gasteiger partial charge in [0.05, 0.1) is 44.3 Å². The molecule has 0 radical (unpaired) electrons. The van der Waals surface area contributed by atoms with E-state index in [0.717, 1.165) is 176 Å². The molecule has 13 aromatic carbocycles. The quantitative estimate of drug-likeness (QED) is 0.166. The Labute approximate surface area is 500 Å². The van der Waals surface area contributed by atoms with Crippen molar-refractivity contribution in [3.05, 3.63) is 273 Å². The van der Waals surface area contributed by atoms with Crippen LogP contribution in [-0.4, -0.2) is 23.7 Å². The van der Waals surface area contributed by atoms with E-state index in [2.05, 4.69) is 250 Å². The Kier molecular flexibility index (Phi) is 9.57. The van der Waals surface area contributed by atoms with Crippen LogP contribution in [0.1, 0.15) is 0 Å². The van der Waals surface area contributed by atoms with Gasteiger partial charge in [-0.3, -0.25) is 0 Å². The van der Waals surface area contributed by atoms with Gasteiger partial charge in [-0.2, -0.15) is 0 Å². The van der Waals surface area contributed by atoms with E-state index in [0.29, 0.717) is 5.82 Å². The van der Waals surface area contributed by atoms with E-state index in [9.17, 15) is 0 Å². The molecule has 0 aliphatic heterocycles. The molecule has 88 heavy (non-hydrogen) atoms. The average Bonchev–Trinajstić information content (AvgIpc) is 1.95. The summed E-state index contributed by atoms with van der Waals surface area (Å²) in [5.74, 6) is 0.639. The Hall–Kier alpha value is -12.0. The summed E-state index contributed by atoms with van der Waals surface area (Å²) in [7, 11) is 0. The van der Waals surface area contributed by atoms with Gasteiger partial charge < -0.3 is 27.0 Å². The Balaban J connectivity index is 0.747. The number of hydrogen-bond acceptors (Lipinski definition) is 5. The highest BCUT2D eigenvalue weighted by molar-refractivity contribution is 6.20. The van der Waals surface area contributed by atoms with Crippen LogP contribution in [0.2, 0.25) is 0 Å². The standard InChI is InChI=1S/C80H45N5O3/c1-7-22-67-53(16-1)59-43-76-62(56-19-4-10-25-73(56)86-76)40-70(59)83(67)50-33-28-46(29-34-50)48-32-37-66-65(39-48)79(47-30-35-51(36-31-47)84-68-23-8-2-17-54(68)60-44-77-63(41-71(60)84)57-20-5-11-26-74(57)87-77)82-80(81-66)49-14-13-15-52(38-49)85-69-24-9-3-18-55(69)61-45-78-64(42-72(61)85)58-21-6-12-27-75(58)88-78/h1-45H. The maximum atomic E-state index is 6.43. The first-order chi connectivity index (χ1) is 43.6. The van der Waals surface area contributed by atoms with E-state index >= 15 is 0 Å². The van der Waals surface area contributed by atoms with Crippen LogP contribution < -0.4 is 0 Å². The lowest BCUT2D eigenvalue weighted by Gasteiger charge is -2.14. The predicted molar refractivity (Wildman–Crippen MR) is 361 cm³/mol. The monoisotopic (exact) mass is 1120 g/mol. The van der Waals surface area contributed by atoms with Crippen LogP contribution in [0.15, 0.2) is 286 Å². The molecule has 7 heterocycles. The molecule has 7 aromatic heterocycles. The second-order valence-corrected chi connectivity index (χ2v) is 23.2. The van der Waals surface area contributed by atoms with E-state index < -0.39 is 0 Å². The summed E-state index contributed by atoms with van der Waals surface area (Å²) in [4.78, 5) is 11.1. The van der Waals surface area contributed by atoms with Gasteiger partial charge in [0, 0.05) is 98.2 Å². The number of nitrogens with zero attached hydrogens (tertiary/aromatic N) is 5. The molecular formula is C80H45N5O3. The van der Waals surface area contributed by atoms with Gasteiger partial charge in [-0.1, -0.05) is 152 Å². The molecule has 0 atom stereocenters. The summed E-state index contributed by atoms with van der Waals surface area (Å²) in [5, 5.41) is 14.5. The van der Waals surface area contributed by atoms with Crippen molar-refractivity contribution in [3.63, 3.8) is 0 Å². The zero-order chi connectivity index (χ0) is 57.3. The fourth-order valence-electron chi connectivity index (χ4n) is 14.4. The highest BCUT2D eigenvalue weighted by Gasteiger charge is 2.22. The predicted octanol–water partition coefficient (Wildman–Crippen LogP) is 21.6. The van der Waals surface area contributed by atoms with E-state index in [1.165, 1.54) is 10.8 Å². The lowest BCUT2D eigenvalue weighted by molar-refractivity contribution is 0.669. The maximum absolute atomic E-state index is 6.43. The van der Waals surface area contributed by atoms with Crippen molar-refractivity contribution in [2.75, 3.05) is 0 Å². The second kappa shape index (κ2) is 17.8. The third kappa shape index (κ3) is 6.79. The Morgan fingerprint density at radius 2 is 0.625 bits per heavy atom. The van der Waals surface area contributed by atoms with Crippen molar-refractivity contribution in [3.8, 4) is 50.8 Å². The number of benzene rings is 13. The summed E-state index contributed by atoms with van der Waals surface area (Å²) in [5.41, 5.74) is 20.9. The Morgan fingerprint density at radius 3 is 1.10 bits per heavy atom. The summed E-state index contributed by atoms with van der Waals surface area (Å²) >= 11 is 0. The average molecular weight is 1120 g/mol. The second-order valence-electron chi connectivity index (χ2n) is 23.2. The van der Waals surface area contributed by atoms with Crippen molar-refractivity contribution >= 4 is 142 Å². The van der Waals surface area contributed by atoms with Crippen LogP contribution in [-0.2, 0) is 0 Å². The normalized spacial score (nSPS) is 12.3. The van der Waals surface area contributed by atoms with Crippen molar-refractivity contribution < 1.29 is 13.3 Å². The minimum Gasteiger partial charge on any atom is -0.456 e. The van der Waals surface area contributed by atoms with Crippen molar-refractivity contribution in [2.24, 2.45) is 0 Å². The first kappa shape index (κ1) is 47.4. The minimum atomic E-state index is 0.639. The van der Waals surface area contributed by atoms with E-state index in [1.54, 1.807) is 0 Å². The maximum Gasteiger partial charge on any atom is 0.160 e. The topological polar surface area (TPSA) is 80.0 Å². The molecule has 0 aliphatic rings. The molecule has 0 aliphatic carbocycles. The molecule has 0 unspecified atom stereocenters. The summed E-state index contributed by atoms with van der Waals surface area (Å²) in [6.45, 7) is 0. The van der Waals surface area contributed by atoms with Crippen LogP contribution in [0.25, 0.3) is 193 Å². The molecule has 0 N–H and O–H groups in total. The largest absolute Gasteiger partial charge is 0.456 e. The van der Waals surface area contributed by atoms with Crippen LogP contribution >= 0.6 is 0 Å². The molecule has 20 aromatic rings. The molecule has 0 amide bonds. The number of aromatic nitrogens is 5. The van der Waals surface area contributed by atoms with Gasteiger partial charge in [-0.05, 0) is 132 Å². The highest BCUT2D eigenvalue weighted by atomic mass is 16.3. The van der Waals surface area contributed by atoms with Gasteiger partial charge in [0.15, 0.2) is 5.82 Å². The number of hydrogen-bond donors (Lipinski definition) is 0. The first-order valence-corrected chi connectivity index (χ1v) is 29.8. The summed E-state index contributed by atoms with van der Waals surface area (Å²) in [6, 6.07) is 97.4. The highest BCUT2D eigenvalue weighted by Crippen LogP contribution is 2.44. The van der Waals surface area contributed by atoms with Gasteiger partial charge in [-0.25, -0.2) is 9.97 Å². The van der Waals surface area contributed by atoms with Gasteiger partial charge >= 0.3 is 0 Å². The zero-order valence-corrected chi connectivity index (χ0v) is 46.9. The molecular weight excluding hydrogens is 1080 g/mol.